The molecule has 0 spiro atoms. The molecule has 3 aromatic carbocycles. The van der Waals surface area contributed by atoms with Crippen LogP contribution >= 0.6 is 0 Å². The SMILES string of the molecule is CN[C@@H](C)C(=O)N[C@H](C(=O)N1C[C@@H](NC(=O)c2ccc(C(=O)N[C@H]3C[C@@H](C(=O)N4CCc5ccccc5C4)N(C(=O)[C@@H](NC(=O)[C@H](C)NC)C4CCCCC4)C3)cc2)C[C@H]1C(=O)N1CCc2ccccc2C1)C1CCCCC1. The van der Waals surface area contributed by atoms with E-state index in [4.69, 9.17) is 0 Å². The third-order valence-corrected chi connectivity index (χ3v) is 17.7. The number of benzene rings is 3. The van der Waals surface area contributed by atoms with Crippen LogP contribution in [-0.4, -0.2) is 155 Å². The number of likely N-dealkylation sites (tertiary alicyclic amines) is 2. The highest BCUT2D eigenvalue weighted by Gasteiger charge is 2.48. The summed E-state index contributed by atoms with van der Waals surface area (Å²) in [5, 5.41) is 18.2. The minimum atomic E-state index is -0.865. The first-order chi connectivity index (χ1) is 37.7. The third-order valence-electron chi connectivity index (χ3n) is 17.7. The van der Waals surface area contributed by atoms with Gasteiger partial charge in [-0.15, -0.1) is 0 Å². The molecule has 0 bridgehead atoms. The van der Waals surface area contributed by atoms with Crippen LogP contribution in [0.25, 0.3) is 0 Å². The summed E-state index contributed by atoms with van der Waals surface area (Å²) in [6.07, 6.45) is 10.7. The average molecular weight is 1070 g/mol. The van der Waals surface area contributed by atoms with Gasteiger partial charge in [0.25, 0.3) is 11.8 Å². The maximum atomic E-state index is 14.9. The molecule has 78 heavy (non-hydrogen) atoms. The summed E-state index contributed by atoms with van der Waals surface area (Å²) < 4.78 is 0. The number of hydrogen-bond donors (Lipinski definition) is 6. The average Bonchev–Trinajstić information content (AvgIpc) is 4.25. The van der Waals surface area contributed by atoms with Crippen LogP contribution in [0.15, 0.2) is 72.8 Å². The summed E-state index contributed by atoms with van der Waals surface area (Å²) in [7, 11) is 3.38. The number of likely N-dealkylation sites (N-methyl/N-ethyl adjacent to an activating group) is 2. The molecule has 0 radical (unpaired) electrons. The molecule has 6 N–H and O–H groups in total. The first-order valence-corrected chi connectivity index (χ1v) is 28.7. The van der Waals surface area contributed by atoms with E-state index in [-0.39, 0.29) is 84.3 Å². The predicted molar refractivity (Wildman–Crippen MR) is 294 cm³/mol. The number of hydrogen-bond acceptors (Lipinski definition) is 10. The highest BCUT2D eigenvalue weighted by Crippen LogP contribution is 2.33. The van der Waals surface area contributed by atoms with Gasteiger partial charge < -0.3 is 51.5 Å². The van der Waals surface area contributed by atoms with E-state index in [0.717, 1.165) is 75.3 Å². The number of fused-ring (bicyclic) bond motifs is 2. The molecule has 4 fully saturated rings. The van der Waals surface area contributed by atoms with E-state index < -0.39 is 60.1 Å². The molecule has 2 saturated heterocycles. The Morgan fingerprint density at radius 3 is 1.21 bits per heavy atom. The van der Waals surface area contributed by atoms with Crippen LogP contribution in [0, 0.1) is 11.8 Å². The van der Waals surface area contributed by atoms with Gasteiger partial charge >= 0.3 is 0 Å². The van der Waals surface area contributed by atoms with E-state index in [0.29, 0.717) is 39.0 Å². The lowest BCUT2D eigenvalue weighted by Crippen LogP contribution is -2.58. The Kier molecular flexibility index (Phi) is 18.3. The topological polar surface area (TPSA) is 222 Å². The number of nitrogens with one attached hydrogen (secondary N) is 6. The predicted octanol–water partition coefficient (Wildman–Crippen LogP) is 3.60. The van der Waals surface area contributed by atoms with Crippen LogP contribution in [0.1, 0.15) is 134 Å². The molecule has 2 saturated carbocycles. The number of amides is 8. The van der Waals surface area contributed by atoms with Crippen molar-refractivity contribution in [3.8, 4) is 0 Å². The Balaban J connectivity index is 0.895. The van der Waals surface area contributed by atoms with Crippen LogP contribution in [0.3, 0.4) is 0 Å². The highest BCUT2D eigenvalue weighted by atomic mass is 16.2. The van der Waals surface area contributed by atoms with Crippen LogP contribution < -0.4 is 31.9 Å². The summed E-state index contributed by atoms with van der Waals surface area (Å²) in [4.78, 5) is 121. The van der Waals surface area contributed by atoms with E-state index in [1.807, 2.05) is 36.4 Å². The summed E-state index contributed by atoms with van der Waals surface area (Å²) in [5.41, 5.74) is 5.04. The molecule has 418 valence electrons. The zero-order valence-corrected chi connectivity index (χ0v) is 45.9. The molecular weight excluding hydrogens is 989 g/mol. The van der Waals surface area contributed by atoms with E-state index in [1.54, 1.807) is 71.8 Å². The Hall–Kier alpha value is -6.66. The van der Waals surface area contributed by atoms with Gasteiger partial charge in [-0.2, -0.15) is 0 Å². The molecule has 9 rings (SSSR count). The molecule has 8 atom stereocenters. The first-order valence-electron chi connectivity index (χ1n) is 28.7. The summed E-state index contributed by atoms with van der Waals surface area (Å²) in [6.45, 7) is 5.44. The maximum absolute atomic E-state index is 14.9. The van der Waals surface area contributed by atoms with E-state index >= 15 is 0 Å². The minimum Gasteiger partial charge on any atom is -0.347 e. The fourth-order valence-corrected chi connectivity index (χ4v) is 12.8. The molecule has 8 amide bonds. The maximum Gasteiger partial charge on any atom is 0.251 e. The molecule has 2 aliphatic carbocycles. The lowest BCUT2D eigenvalue weighted by molar-refractivity contribution is -0.147. The van der Waals surface area contributed by atoms with Gasteiger partial charge in [0.15, 0.2) is 0 Å². The molecule has 18 heteroatoms. The Morgan fingerprint density at radius 2 is 0.846 bits per heavy atom. The van der Waals surface area contributed by atoms with Crippen molar-refractivity contribution in [1.82, 2.24) is 51.5 Å². The van der Waals surface area contributed by atoms with Gasteiger partial charge in [-0.3, -0.25) is 38.4 Å². The standard InChI is InChI=1S/C60H80N10O8/c1-37(61-3)53(71)65-51(41-17-7-5-8-18-41)59(77)69-35-47(31-49(69)57(75)67-29-27-39-15-11-13-21-45(39)33-67)63-55(73)43-23-25-44(26-24-43)56(74)64-48-32-50(58(76)68-30-28-40-16-12-14-22-46(40)34-68)70(36-48)60(78)52(42-19-9-6-10-20-42)66-54(72)38(2)62-4/h11-16,21-26,37-38,41-42,47-52,61-62H,5-10,17-20,27-36H2,1-4H3,(H,63,73)(H,64,74)(H,65,71)(H,66,72)/t37-,38-,47-,48-,49-,50-,51-,52-/m0/s1. The van der Waals surface area contributed by atoms with Crippen molar-refractivity contribution in [1.29, 1.82) is 0 Å². The quantitative estimate of drug-likeness (QED) is 0.122. The Bertz CT molecular complexity index is 2510. The Morgan fingerprint density at radius 1 is 0.487 bits per heavy atom. The van der Waals surface area contributed by atoms with Crippen molar-refractivity contribution in [2.45, 2.75) is 165 Å². The number of carbonyl (C=O) groups excluding carboxylic acids is 8. The Labute approximate surface area is 458 Å². The summed E-state index contributed by atoms with van der Waals surface area (Å²) >= 11 is 0. The molecule has 4 aliphatic heterocycles. The second kappa shape index (κ2) is 25.4. The molecule has 4 heterocycles. The highest BCUT2D eigenvalue weighted by molar-refractivity contribution is 5.99. The van der Waals surface area contributed by atoms with Crippen molar-refractivity contribution in [3.63, 3.8) is 0 Å². The fourth-order valence-electron chi connectivity index (χ4n) is 12.8. The van der Waals surface area contributed by atoms with Crippen molar-refractivity contribution in [2.24, 2.45) is 11.8 Å². The van der Waals surface area contributed by atoms with Crippen molar-refractivity contribution in [3.05, 3.63) is 106 Å². The second-order valence-electron chi connectivity index (χ2n) is 22.7. The molecule has 18 nitrogen and oxygen atoms in total. The van der Waals surface area contributed by atoms with Crippen LogP contribution in [0.4, 0.5) is 0 Å². The number of rotatable bonds is 16. The van der Waals surface area contributed by atoms with Crippen molar-refractivity contribution < 1.29 is 38.4 Å². The largest absolute Gasteiger partial charge is 0.347 e. The molecule has 3 aromatic rings. The van der Waals surface area contributed by atoms with Gasteiger partial charge in [0, 0.05) is 62.5 Å². The van der Waals surface area contributed by atoms with Crippen molar-refractivity contribution in [2.75, 3.05) is 40.3 Å². The normalized spacial score (nSPS) is 23.2. The monoisotopic (exact) mass is 1070 g/mol. The van der Waals surface area contributed by atoms with Gasteiger partial charge in [-0.25, -0.2) is 0 Å². The van der Waals surface area contributed by atoms with Crippen molar-refractivity contribution >= 4 is 47.3 Å². The number of carbonyl (C=O) groups is 8. The first kappa shape index (κ1) is 56.1. The summed E-state index contributed by atoms with van der Waals surface area (Å²) in [6, 6.07) is 16.7. The van der Waals surface area contributed by atoms with Gasteiger partial charge in [0.05, 0.1) is 12.1 Å². The lowest BCUT2D eigenvalue weighted by atomic mass is 9.83. The summed E-state index contributed by atoms with van der Waals surface area (Å²) in [5.74, 6) is -2.68. The zero-order valence-electron chi connectivity index (χ0n) is 45.9. The molecule has 0 unspecified atom stereocenters. The van der Waals surface area contributed by atoms with E-state index in [1.165, 1.54) is 11.1 Å². The van der Waals surface area contributed by atoms with Gasteiger partial charge in [0.2, 0.25) is 35.4 Å². The van der Waals surface area contributed by atoms with E-state index in [9.17, 15) is 38.4 Å². The fraction of sp³-hybridized carbons (Fsp3) is 0.567. The van der Waals surface area contributed by atoms with Crippen LogP contribution in [-0.2, 0) is 54.7 Å². The van der Waals surface area contributed by atoms with Crippen LogP contribution in [0.2, 0.25) is 0 Å². The molecule has 6 aliphatic rings. The minimum absolute atomic E-state index is 0.0743. The number of nitrogens with zero attached hydrogens (tertiary/aromatic N) is 4. The molecule has 0 aromatic heterocycles. The van der Waals surface area contributed by atoms with Crippen LogP contribution in [0.5, 0.6) is 0 Å². The van der Waals surface area contributed by atoms with Gasteiger partial charge in [-0.1, -0.05) is 87.1 Å². The third kappa shape index (κ3) is 12.8. The smallest absolute Gasteiger partial charge is 0.251 e. The van der Waals surface area contributed by atoms with Gasteiger partial charge in [0.1, 0.15) is 24.2 Å². The lowest BCUT2D eigenvalue weighted by Gasteiger charge is -2.37. The second-order valence-corrected chi connectivity index (χ2v) is 22.7. The van der Waals surface area contributed by atoms with E-state index in [2.05, 4.69) is 44.0 Å². The zero-order chi connectivity index (χ0) is 55.0. The molecular formula is C60H80N10O8. The van der Waals surface area contributed by atoms with Gasteiger partial charge in [-0.05, 0) is 138 Å².